The van der Waals surface area contributed by atoms with Crippen LogP contribution in [0, 0.1) is 0 Å². The van der Waals surface area contributed by atoms with Gasteiger partial charge >= 0.3 is 0 Å². The van der Waals surface area contributed by atoms with Crippen molar-refractivity contribution in [2.24, 2.45) is 5.73 Å². The molecule has 2 N–H and O–H groups in total. The van der Waals surface area contributed by atoms with Gasteiger partial charge in [-0.2, -0.15) is 10.1 Å². The molecule has 0 aliphatic heterocycles. The molecular formula is C17H14ClN5O. The lowest BCUT2D eigenvalue weighted by molar-refractivity contribution is 0.418. The zero-order chi connectivity index (χ0) is 16.7. The zero-order valence-corrected chi connectivity index (χ0v) is 13.6. The topological polar surface area (TPSA) is 82.8 Å². The number of para-hydroxylation sites is 1. The van der Waals surface area contributed by atoms with Crippen molar-refractivity contribution in [3.63, 3.8) is 0 Å². The van der Waals surface area contributed by atoms with Gasteiger partial charge in [-0.3, -0.25) is 0 Å². The lowest BCUT2D eigenvalue weighted by Crippen LogP contribution is -2.06. The second kappa shape index (κ2) is 5.74. The summed E-state index contributed by atoms with van der Waals surface area (Å²) >= 11 is 6.47. The minimum absolute atomic E-state index is 0.285. The molecule has 0 radical (unpaired) electrons. The Labute approximate surface area is 142 Å². The van der Waals surface area contributed by atoms with Gasteiger partial charge in [0.05, 0.1) is 28.5 Å². The van der Waals surface area contributed by atoms with Crippen LogP contribution in [-0.2, 0) is 0 Å². The highest BCUT2D eigenvalue weighted by atomic mass is 35.5. The van der Waals surface area contributed by atoms with E-state index in [2.05, 4.69) is 15.2 Å². The highest BCUT2D eigenvalue weighted by Crippen LogP contribution is 2.29. The van der Waals surface area contributed by atoms with E-state index in [-0.39, 0.29) is 6.04 Å². The zero-order valence-electron chi connectivity index (χ0n) is 12.8. The van der Waals surface area contributed by atoms with Gasteiger partial charge in [0.2, 0.25) is 0 Å². The SMILES string of the molecule is CC(N)c1noc(-c2ccc(-n3ncc4ccccc43)c(Cl)c2)n1. The Bertz CT molecular complexity index is 1020. The molecule has 0 aliphatic carbocycles. The maximum Gasteiger partial charge on any atom is 0.258 e. The van der Waals surface area contributed by atoms with Crippen LogP contribution in [-0.4, -0.2) is 19.9 Å². The number of halogens is 1. The molecule has 7 heteroatoms. The van der Waals surface area contributed by atoms with Crippen LogP contribution in [0.15, 0.2) is 53.2 Å². The molecular weight excluding hydrogens is 326 g/mol. The Balaban J connectivity index is 1.76. The Morgan fingerprint density at radius 2 is 2.04 bits per heavy atom. The van der Waals surface area contributed by atoms with Crippen LogP contribution in [0.25, 0.3) is 28.0 Å². The van der Waals surface area contributed by atoms with Crippen LogP contribution in [0.3, 0.4) is 0 Å². The molecule has 0 saturated heterocycles. The molecule has 1 atom stereocenters. The van der Waals surface area contributed by atoms with Crippen molar-refractivity contribution < 1.29 is 4.52 Å². The van der Waals surface area contributed by atoms with E-state index < -0.39 is 0 Å². The van der Waals surface area contributed by atoms with Crippen LogP contribution in [0.1, 0.15) is 18.8 Å². The fourth-order valence-electron chi connectivity index (χ4n) is 2.51. The van der Waals surface area contributed by atoms with Crippen LogP contribution in [0.5, 0.6) is 0 Å². The summed E-state index contributed by atoms with van der Waals surface area (Å²) in [4.78, 5) is 4.28. The van der Waals surface area contributed by atoms with Crippen LogP contribution < -0.4 is 5.73 Å². The minimum atomic E-state index is -0.285. The quantitative estimate of drug-likeness (QED) is 0.614. The number of hydrogen-bond acceptors (Lipinski definition) is 5. The van der Waals surface area contributed by atoms with E-state index in [1.807, 2.05) is 47.3 Å². The van der Waals surface area contributed by atoms with Crippen molar-refractivity contribution >= 4 is 22.5 Å². The van der Waals surface area contributed by atoms with E-state index in [9.17, 15) is 0 Å². The first-order chi connectivity index (χ1) is 11.6. The van der Waals surface area contributed by atoms with Crippen molar-refractivity contribution in [2.75, 3.05) is 0 Å². The third kappa shape index (κ3) is 2.46. The summed E-state index contributed by atoms with van der Waals surface area (Å²) in [5, 5.41) is 9.88. The normalized spacial score (nSPS) is 12.6. The predicted molar refractivity (Wildman–Crippen MR) is 92.0 cm³/mol. The van der Waals surface area contributed by atoms with Gasteiger partial charge in [0.25, 0.3) is 5.89 Å². The van der Waals surface area contributed by atoms with E-state index in [0.717, 1.165) is 22.2 Å². The van der Waals surface area contributed by atoms with E-state index in [0.29, 0.717) is 16.7 Å². The fraction of sp³-hybridized carbons (Fsp3) is 0.118. The van der Waals surface area contributed by atoms with Gasteiger partial charge in [0, 0.05) is 10.9 Å². The number of fused-ring (bicyclic) bond motifs is 1. The molecule has 0 bridgehead atoms. The lowest BCUT2D eigenvalue weighted by Gasteiger charge is -2.07. The Hall–Kier alpha value is -2.70. The molecule has 1 unspecified atom stereocenters. The molecule has 6 nitrogen and oxygen atoms in total. The first-order valence-electron chi connectivity index (χ1n) is 7.46. The first-order valence-corrected chi connectivity index (χ1v) is 7.83. The molecule has 4 aromatic rings. The summed E-state index contributed by atoms with van der Waals surface area (Å²) in [6.07, 6.45) is 1.81. The number of benzene rings is 2. The Morgan fingerprint density at radius 3 is 2.79 bits per heavy atom. The van der Waals surface area contributed by atoms with Crippen molar-refractivity contribution in [2.45, 2.75) is 13.0 Å². The number of hydrogen-bond donors (Lipinski definition) is 1. The van der Waals surface area contributed by atoms with E-state index in [1.54, 1.807) is 13.0 Å². The molecule has 2 aromatic carbocycles. The molecule has 0 amide bonds. The maximum absolute atomic E-state index is 6.47. The van der Waals surface area contributed by atoms with Crippen molar-refractivity contribution in [1.29, 1.82) is 0 Å². The van der Waals surface area contributed by atoms with Gasteiger partial charge in [0.15, 0.2) is 5.82 Å². The van der Waals surface area contributed by atoms with Gasteiger partial charge < -0.3 is 10.3 Å². The fourth-order valence-corrected chi connectivity index (χ4v) is 2.77. The summed E-state index contributed by atoms with van der Waals surface area (Å²) in [7, 11) is 0. The van der Waals surface area contributed by atoms with E-state index >= 15 is 0 Å². The summed E-state index contributed by atoms with van der Waals surface area (Å²) in [5.41, 5.74) is 8.26. The summed E-state index contributed by atoms with van der Waals surface area (Å²) in [6.45, 7) is 1.80. The molecule has 2 aromatic heterocycles. The third-order valence-corrected chi connectivity index (χ3v) is 4.05. The average molecular weight is 340 g/mol. The largest absolute Gasteiger partial charge is 0.334 e. The first kappa shape index (κ1) is 14.9. The summed E-state index contributed by atoms with van der Waals surface area (Å²) in [5.74, 6) is 0.851. The molecule has 120 valence electrons. The van der Waals surface area contributed by atoms with E-state index in [4.69, 9.17) is 21.9 Å². The summed E-state index contributed by atoms with van der Waals surface area (Å²) < 4.78 is 7.05. The number of nitrogens with two attached hydrogens (primary N) is 1. The van der Waals surface area contributed by atoms with Gasteiger partial charge in [-0.15, -0.1) is 0 Å². The molecule has 2 heterocycles. The lowest BCUT2D eigenvalue weighted by atomic mass is 10.2. The molecule has 4 rings (SSSR count). The molecule has 0 saturated carbocycles. The number of rotatable bonds is 3. The van der Waals surface area contributed by atoms with Gasteiger partial charge in [-0.1, -0.05) is 35.0 Å². The second-order valence-electron chi connectivity index (χ2n) is 5.53. The highest BCUT2D eigenvalue weighted by Gasteiger charge is 2.14. The third-order valence-electron chi connectivity index (χ3n) is 3.75. The van der Waals surface area contributed by atoms with Gasteiger partial charge in [-0.25, -0.2) is 4.68 Å². The van der Waals surface area contributed by atoms with Crippen molar-refractivity contribution in [1.82, 2.24) is 19.9 Å². The van der Waals surface area contributed by atoms with Crippen LogP contribution >= 0.6 is 11.6 Å². The Kier molecular flexibility index (Phi) is 3.55. The molecule has 0 aliphatic rings. The van der Waals surface area contributed by atoms with Gasteiger partial charge in [-0.05, 0) is 31.2 Å². The standard InChI is InChI=1S/C17H14ClN5O/c1-10(19)16-21-17(24-22-16)11-6-7-15(13(18)8-11)23-14-5-3-2-4-12(14)9-20-23/h2-10H,19H2,1H3. The second-order valence-corrected chi connectivity index (χ2v) is 5.93. The average Bonchev–Trinajstić information content (AvgIpc) is 3.22. The van der Waals surface area contributed by atoms with Gasteiger partial charge in [0.1, 0.15) is 0 Å². The monoisotopic (exact) mass is 339 g/mol. The van der Waals surface area contributed by atoms with Crippen molar-refractivity contribution in [3.05, 3.63) is 59.5 Å². The highest BCUT2D eigenvalue weighted by molar-refractivity contribution is 6.32. The van der Waals surface area contributed by atoms with E-state index in [1.165, 1.54) is 0 Å². The minimum Gasteiger partial charge on any atom is -0.334 e. The summed E-state index contributed by atoms with van der Waals surface area (Å²) in [6, 6.07) is 13.2. The molecule has 0 fully saturated rings. The number of nitrogens with zero attached hydrogens (tertiary/aromatic N) is 4. The van der Waals surface area contributed by atoms with Crippen molar-refractivity contribution in [3.8, 4) is 17.1 Å². The number of aromatic nitrogens is 4. The maximum atomic E-state index is 6.47. The smallest absolute Gasteiger partial charge is 0.258 e. The Morgan fingerprint density at radius 1 is 1.21 bits per heavy atom. The molecule has 24 heavy (non-hydrogen) atoms. The van der Waals surface area contributed by atoms with Crippen LogP contribution in [0.4, 0.5) is 0 Å². The molecule has 0 spiro atoms. The predicted octanol–water partition coefficient (Wildman–Crippen LogP) is 3.75. The van der Waals surface area contributed by atoms with Crippen LogP contribution in [0.2, 0.25) is 5.02 Å².